The molecule has 162 valence electrons. The molecule has 0 saturated carbocycles. The summed E-state index contributed by atoms with van der Waals surface area (Å²) in [5.41, 5.74) is 3.11. The Kier molecular flexibility index (Phi) is 6.99. The Balaban J connectivity index is 1.70. The number of carbonyl (C=O) groups is 1. The fourth-order valence-electron chi connectivity index (χ4n) is 4.43. The van der Waals surface area contributed by atoms with Crippen molar-refractivity contribution >= 4 is 17.6 Å². The Morgan fingerprint density at radius 2 is 1.74 bits per heavy atom. The summed E-state index contributed by atoms with van der Waals surface area (Å²) in [6.07, 6.45) is 4.97. The molecule has 0 bridgehead atoms. The molecule has 6 heteroatoms. The van der Waals surface area contributed by atoms with E-state index < -0.39 is 0 Å². The van der Waals surface area contributed by atoms with E-state index in [2.05, 4.69) is 22.4 Å². The lowest BCUT2D eigenvalue weighted by atomic mass is 9.98. The van der Waals surface area contributed by atoms with Gasteiger partial charge in [0.25, 0.3) is 0 Å². The number of methoxy groups -OCH3 is 2. The first-order valence-electron chi connectivity index (χ1n) is 10.7. The van der Waals surface area contributed by atoms with Crippen molar-refractivity contribution in [1.82, 2.24) is 9.88 Å². The van der Waals surface area contributed by atoms with Crippen LogP contribution >= 0.6 is 11.3 Å². The van der Waals surface area contributed by atoms with Gasteiger partial charge in [0, 0.05) is 23.5 Å². The first-order chi connectivity index (χ1) is 15.2. The zero-order valence-corrected chi connectivity index (χ0v) is 18.8. The molecule has 5 nitrogen and oxygen atoms in total. The van der Waals surface area contributed by atoms with Crippen LogP contribution in [0.1, 0.15) is 43.0 Å². The van der Waals surface area contributed by atoms with Gasteiger partial charge in [0.05, 0.1) is 31.5 Å². The van der Waals surface area contributed by atoms with Crippen molar-refractivity contribution < 1.29 is 14.3 Å². The topological polar surface area (TPSA) is 51.7 Å². The molecule has 0 radical (unpaired) electrons. The van der Waals surface area contributed by atoms with E-state index in [1.807, 2.05) is 36.4 Å². The van der Waals surface area contributed by atoms with E-state index in [9.17, 15) is 4.79 Å². The van der Waals surface area contributed by atoms with Gasteiger partial charge in [-0.3, -0.25) is 4.90 Å². The second-order valence-electron chi connectivity index (χ2n) is 7.76. The summed E-state index contributed by atoms with van der Waals surface area (Å²) in [6, 6.07) is 15.9. The van der Waals surface area contributed by atoms with Crippen LogP contribution in [0.15, 0.2) is 53.9 Å². The summed E-state index contributed by atoms with van der Waals surface area (Å²) in [6.45, 7) is 0.610. The molecule has 2 aromatic carbocycles. The number of aromatic nitrogens is 1. The molecule has 1 saturated heterocycles. The Morgan fingerprint density at radius 3 is 2.42 bits per heavy atom. The summed E-state index contributed by atoms with van der Waals surface area (Å²) < 4.78 is 11.4. The number of thiazole rings is 1. The molecule has 0 aliphatic carbocycles. The molecular formula is C25H28N2O3S. The standard InChI is InChI=1S/C25H28N2O3S/c1-29-22-13-8-14-23(30-2)24(22)21-12-7-6-11-20(16-28)27(21)15-19-17-31-25(26-19)18-9-4-3-5-10-18/h3-5,8-10,13-14,16-17,20-21H,6-7,11-12,15H2,1-2H3. The van der Waals surface area contributed by atoms with Crippen LogP contribution < -0.4 is 9.47 Å². The second kappa shape index (κ2) is 10.1. The zero-order chi connectivity index (χ0) is 21.6. The number of nitrogens with zero attached hydrogens (tertiary/aromatic N) is 2. The molecule has 1 aromatic heterocycles. The average molecular weight is 437 g/mol. The lowest BCUT2D eigenvalue weighted by Crippen LogP contribution is -2.38. The third kappa shape index (κ3) is 4.65. The average Bonchev–Trinajstić information content (AvgIpc) is 3.20. The zero-order valence-electron chi connectivity index (χ0n) is 18.0. The van der Waals surface area contributed by atoms with Crippen LogP contribution in [0.2, 0.25) is 0 Å². The molecule has 2 unspecified atom stereocenters. The lowest BCUT2D eigenvalue weighted by Gasteiger charge is -2.35. The predicted octanol–water partition coefficient (Wildman–Crippen LogP) is 5.51. The number of aldehydes is 1. The van der Waals surface area contributed by atoms with E-state index >= 15 is 0 Å². The number of ether oxygens (including phenoxy) is 2. The molecule has 0 spiro atoms. The van der Waals surface area contributed by atoms with Crippen molar-refractivity contribution in [3.63, 3.8) is 0 Å². The fraction of sp³-hybridized carbons (Fsp3) is 0.360. The molecule has 4 rings (SSSR count). The Labute approximate surface area is 187 Å². The first kappa shape index (κ1) is 21.5. The summed E-state index contributed by atoms with van der Waals surface area (Å²) in [4.78, 5) is 19.3. The van der Waals surface area contributed by atoms with Gasteiger partial charge in [-0.15, -0.1) is 11.3 Å². The maximum absolute atomic E-state index is 12.1. The van der Waals surface area contributed by atoms with Crippen molar-refractivity contribution in [2.45, 2.75) is 44.3 Å². The van der Waals surface area contributed by atoms with Gasteiger partial charge in [0.1, 0.15) is 22.8 Å². The number of benzene rings is 2. The van der Waals surface area contributed by atoms with Gasteiger partial charge in [-0.25, -0.2) is 4.98 Å². The van der Waals surface area contributed by atoms with Crippen LogP contribution in [0, 0.1) is 0 Å². The Hall–Kier alpha value is -2.70. The molecule has 3 aromatic rings. The molecule has 2 atom stereocenters. The highest BCUT2D eigenvalue weighted by Gasteiger charge is 2.34. The number of carbonyl (C=O) groups excluding carboxylic acids is 1. The second-order valence-corrected chi connectivity index (χ2v) is 8.62. The SMILES string of the molecule is COc1cccc(OC)c1C1CCCCC(C=O)N1Cc1csc(-c2ccccc2)n1. The van der Waals surface area contributed by atoms with Gasteiger partial charge in [-0.1, -0.05) is 49.2 Å². The van der Waals surface area contributed by atoms with E-state index in [0.717, 1.165) is 65.3 Å². The van der Waals surface area contributed by atoms with Gasteiger partial charge in [-0.2, -0.15) is 0 Å². The van der Waals surface area contributed by atoms with Crippen molar-refractivity contribution in [3.05, 3.63) is 65.2 Å². The number of hydrogen-bond donors (Lipinski definition) is 0. The highest BCUT2D eigenvalue weighted by Crippen LogP contribution is 2.43. The first-order valence-corrected chi connectivity index (χ1v) is 11.5. The van der Waals surface area contributed by atoms with Crippen LogP contribution in [0.25, 0.3) is 10.6 Å². The minimum Gasteiger partial charge on any atom is -0.496 e. The van der Waals surface area contributed by atoms with Crippen LogP contribution in [0.3, 0.4) is 0 Å². The van der Waals surface area contributed by atoms with Gasteiger partial charge in [-0.05, 0) is 25.0 Å². The molecule has 2 heterocycles. The predicted molar refractivity (Wildman–Crippen MR) is 124 cm³/mol. The van der Waals surface area contributed by atoms with E-state index in [1.165, 1.54) is 0 Å². The molecule has 1 fully saturated rings. The van der Waals surface area contributed by atoms with Crippen molar-refractivity contribution in [2.75, 3.05) is 14.2 Å². The third-order valence-corrected chi connectivity index (χ3v) is 6.87. The Morgan fingerprint density at radius 1 is 1.03 bits per heavy atom. The highest BCUT2D eigenvalue weighted by atomic mass is 32.1. The fourth-order valence-corrected chi connectivity index (χ4v) is 5.24. The molecular weight excluding hydrogens is 408 g/mol. The van der Waals surface area contributed by atoms with Crippen molar-refractivity contribution in [2.24, 2.45) is 0 Å². The van der Waals surface area contributed by atoms with Crippen LogP contribution in [-0.4, -0.2) is 36.4 Å². The minimum absolute atomic E-state index is 0.0191. The van der Waals surface area contributed by atoms with E-state index in [-0.39, 0.29) is 12.1 Å². The van der Waals surface area contributed by atoms with Gasteiger partial charge in [0.2, 0.25) is 0 Å². The van der Waals surface area contributed by atoms with Crippen molar-refractivity contribution in [3.8, 4) is 22.1 Å². The molecule has 31 heavy (non-hydrogen) atoms. The van der Waals surface area contributed by atoms with E-state index in [0.29, 0.717) is 6.54 Å². The monoisotopic (exact) mass is 436 g/mol. The van der Waals surface area contributed by atoms with E-state index in [4.69, 9.17) is 14.5 Å². The van der Waals surface area contributed by atoms with Crippen LogP contribution in [-0.2, 0) is 11.3 Å². The molecule has 0 amide bonds. The molecule has 0 N–H and O–H groups in total. The number of hydrogen-bond acceptors (Lipinski definition) is 6. The quantitative estimate of drug-likeness (QED) is 0.457. The van der Waals surface area contributed by atoms with Crippen molar-refractivity contribution in [1.29, 1.82) is 0 Å². The smallest absolute Gasteiger partial charge is 0.137 e. The number of rotatable bonds is 7. The maximum atomic E-state index is 12.1. The normalized spacial score (nSPS) is 19.5. The third-order valence-electron chi connectivity index (χ3n) is 5.93. The van der Waals surface area contributed by atoms with Crippen LogP contribution in [0.4, 0.5) is 0 Å². The highest BCUT2D eigenvalue weighted by molar-refractivity contribution is 7.13. The van der Waals surface area contributed by atoms with Gasteiger partial charge >= 0.3 is 0 Å². The largest absolute Gasteiger partial charge is 0.496 e. The summed E-state index contributed by atoms with van der Waals surface area (Å²) in [5.74, 6) is 1.59. The molecule has 1 aliphatic heterocycles. The van der Waals surface area contributed by atoms with Gasteiger partial charge in [0.15, 0.2) is 0 Å². The lowest BCUT2D eigenvalue weighted by molar-refractivity contribution is -0.113. The summed E-state index contributed by atoms with van der Waals surface area (Å²) in [7, 11) is 3.37. The Bertz CT molecular complexity index is 983. The van der Waals surface area contributed by atoms with Gasteiger partial charge < -0.3 is 14.3 Å². The minimum atomic E-state index is -0.163. The van der Waals surface area contributed by atoms with Crippen LogP contribution in [0.5, 0.6) is 11.5 Å². The maximum Gasteiger partial charge on any atom is 0.137 e. The molecule has 1 aliphatic rings. The summed E-state index contributed by atoms with van der Waals surface area (Å²) >= 11 is 1.64. The number of likely N-dealkylation sites (tertiary alicyclic amines) is 1. The summed E-state index contributed by atoms with van der Waals surface area (Å²) in [5, 5.41) is 3.10. The van der Waals surface area contributed by atoms with E-state index in [1.54, 1.807) is 25.6 Å².